The Bertz CT molecular complexity index is 777. The van der Waals surface area contributed by atoms with E-state index in [0.717, 1.165) is 25.2 Å². The normalized spacial score (nSPS) is 10.4. The Labute approximate surface area is 140 Å². The second-order valence-electron chi connectivity index (χ2n) is 5.39. The zero-order valence-electron chi connectivity index (χ0n) is 13.2. The van der Waals surface area contributed by atoms with E-state index in [4.69, 9.17) is 0 Å². The average Bonchev–Trinajstić information content (AvgIpc) is 2.62. The summed E-state index contributed by atoms with van der Waals surface area (Å²) in [4.78, 5) is 8.48. The average molecular weight is 322 g/mol. The molecule has 3 aromatic rings. The summed E-state index contributed by atoms with van der Waals surface area (Å²) < 4.78 is 13.7. The largest absolute Gasteiger partial charge is 0.370 e. The van der Waals surface area contributed by atoms with Crippen LogP contribution in [0.1, 0.15) is 12.0 Å². The SMILES string of the molecule is Fc1ccccc1Nc1nccc(NCCCc2ccccc2)n1. The summed E-state index contributed by atoms with van der Waals surface area (Å²) in [7, 11) is 0. The third-order valence-corrected chi connectivity index (χ3v) is 3.57. The smallest absolute Gasteiger partial charge is 0.229 e. The third kappa shape index (κ3) is 4.52. The van der Waals surface area contributed by atoms with Crippen molar-refractivity contribution in [3.05, 3.63) is 78.2 Å². The van der Waals surface area contributed by atoms with Crippen molar-refractivity contribution >= 4 is 17.5 Å². The fourth-order valence-corrected chi connectivity index (χ4v) is 2.35. The van der Waals surface area contributed by atoms with Crippen molar-refractivity contribution in [3.8, 4) is 0 Å². The van der Waals surface area contributed by atoms with Crippen molar-refractivity contribution in [2.24, 2.45) is 0 Å². The predicted molar refractivity (Wildman–Crippen MR) is 95.0 cm³/mol. The number of nitrogens with one attached hydrogen (secondary N) is 2. The van der Waals surface area contributed by atoms with Gasteiger partial charge in [-0.3, -0.25) is 0 Å². The number of aromatic nitrogens is 2. The Morgan fingerprint density at radius 1 is 0.917 bits per heavy atom. The number of hydrogen-bond acceptors (Lipinski definition) is 4. The van der Waals surface area contributed by atoms with E-state index in [0.29, 0.717) is 11.6 Å². The first-order valence-electron chi connectivity index (χ1n) is 7.94. The van der Waals surface area contributed by atoms with Crippen LogP contribution in [0.2, 0.25) is 0 Å². The summed E-state index contributed by atoms with van der Waals surface area (Å²) >= 11 is 0. The van der Waals surface area contributed by atoms with Crippen molar-refractivity contribution in [2.75, 3.05) is 17.2 Å². The Morgan fingerprint density at radius 2 is 1.71 bits per heavy atom. The van der Waals surface area contributed by atoms with Gasteiger partial charge in [0.15, 0.2) is 0 Å². The van der Waals surface area contributed by atoms with Gasteiger partial charge in [0.05, 0.1) is 5.69 Å². The van der Waals surface area contributed by atoms with Crippen LogP contribution < -0.4 is 10.6 Å². The number of hydrogen-bond donors (Lipinski definition) is 2. The third-order valence-electron chi connectivity index (χ3n) is 3.57. The first-order valence-corrected chi connectivity index (χ1v) is 7.94. The number of para-hydroxylation sites is 1. The molecule has 0 spiro atoms. The number of halogens is 1. The van der Waals surface area contributed by atoms with Crippen LogP contribution in [0.25, 0.3) is 0 Å². The molecular weight excluding hydrogens is 303 g/mol. The van der Waals surface area contributed by atoms with Crippen molar-refractivity contribution in [3.63, 3.8) is 0 Å². The lowest BCUT2D eigenvalue weighted by Crippen LogP contribution is -2.06. The van der Waals surface area contributed by atoms with E-state index in [2.05, 4.69) is 32.7 Å². The van der Waals surface area contributed by atoms with Gasteiger partial charge in [-0.15, -0.1) is 0 Å². The zero-order chi connectivity index (χ0) is 16.6. The van der Waals surface area contributed by atoms with Crippen LogP contribution in [0, 0.1) is 5.82 Å². The maximum absolute atomic E-state index is 13.7. The highest BCUT2D eigenvalue weighted by atomic mass is 19.1. The Balaban J connectivity index is 1.53. The molecule has 0 aliphatic carbocycles. The highest BCUT2D eigenvalue weighted by Gasteiger charge is 2.04. The first-order chi connectivity index (χ1) is 11.8. The van der Waals surface area contributed by atoms with E-state index in [1.165, 1.54) is 11.6 Å². The minimum Gasteiger partial charge on any atom is -0.370 e. The van der Waals surface area contributed by atoms with Gasteiger partial charge in [-0.05, 0) is 36.6 Å². The topological polar surface area (TPSA) is 49.8 Å². The number of aryl methyl sites for hydroxylation is 1. The number of rotatable bonds is 7. The van der Waals surface area contributed by atoms with E-state index in [9.17, 15) is 4.39 Å². The van der Waals surface area contributed by atoms with Gasteiger partial charge in [0, 0.05) is 12.7 Å². The Hall–Kier alpha value is -2.95. The molecule has 5 heteroatoms. The van der Waals surface area contributed by atoms with Crippen molar-refractivity contribution in [1.29, 1.82) is 0 Å². The van der Waals surface area contributed by atoms with Crippen LogP contribution in [0.5, 0.6) is 0 Å². The van der Waals surface area contributed by atoms with Gasteiger partial charge in [0.2, 0.25) is 5.95 Å². The van der Waals surface area contributed by atoms with Crippen molar-refractivity contribution < 1.29 is 4.39 Å². The molecule has 2 aromatic carbocycles. The van der Waals surface area contributed by atoms with E-state index in [1.54, 1.807) is 30.5 Å². The first kappa shape index (κ1) is 15.9. The second-order valence-corrected chi connectivity index (χ2v) is 5.39. The summed E-state index contributed by atoms with van der Waals surface area (Å²) in [5.41, 5.74) is 1.68. The molecular formula is C19H19FN4. The van der Waals surface area contributed by atoms with E-state index < -0.39 is 0 Å². The van der Waals surface area contributed by atoms with Crippen LogP contribution in [0.4, 0.5) is 21.8 Å². The summed E-state index contributed by atoms with van der Waals surface area (Å²) in [5, 5.41) is 6.16. The molecule has 3 rings (SSSR count). The van der Waals surface area contributed by atoms with Crippen LogP contribution in [-0.2, 0) is 6.42 Å². The van der Waals surface area contributed by atoms with E-state index in [1.807, 2.05) is 18.2 Å². The summed E-state index contributed by atoms with van der Waals surface area (Å²) in [6, 6.07) is 18.6. The quantitative estimate of drug-likeness (QED) is 0.633. The molecule has 0 amide bonds. The minimum absolute atomic E-state index is 0.331. The van der Waals surface area contributed by atoms with Gasteiger partial charge in [-0.25, -0.2) is 9.37 Å². The fraction of sp³-hybridized carbons (Fsp3) is 0.158. The molecule has 2 N–H and O–H groups in total. The van der Waals surface area contributed by atoms with Crippen LogP contribution in [0.15, 0.2) is 66.9 Å². The molecule has 0 atom stereocenters. The standard InChI is InChI=1S/C19H19FN4/c20-16-10-4-5-11-17(16)23-19-22-14-12-18(24-19)21-13-6-9-15-7-2-1-3-8-15/h1-5,7-8,10-12,14H,6,9,13H2,(H2,21,22,23,24). The zero-order valence-corrected chi connectivity index (χ0v) is 13.2. The molecule has 0 aliphatic rings. The molecule has 24 heavy (non-hydrogen) atoms. The maximum Gasteiger partial charge on any atom is 0.229 e. The molecule has 0 unspecified atom stereocenters. The molecule has 0 aliphatic heterocycles. The van der Waals surface area contributed by atoms with Gasteiger partial charge >= 0.3 is 0 Å². The van der Waals surface area contributed by atoms with Crippen LogP contribution in [0.3, 0.4) is 0 Å². The van der Waals surface area contributed by atoms with E-state index in [-0.39, 0.29) is 5.82 Å². The highest BCUT2D eigenvalue weighted by molar-refractivity contribution is 5.55. The number of nitrogens with zero attached hydrogens (tertiary/aromatic N) is 2. The Kier molecular flexibility index (Phi) is 5.35. The second kappa shape index (κ2) is 8.06. The number of benzene rings is 2. The maximum atomic E-state index is 13.7. The van der Waals surface area contributed by atoms with Gasteiger partial charge in [-0.1, -0.05) is 42.5 Å². The molecule has 4 nitrogen and oxygen atoms in total. The molecule has 0 saturated heterocycles. The molecule has 1 aromatic heterocycles. The van der Waals surface area contributed by atoms with Gasteiger partial charge in [0.25, 0.3) is 0 Å². The van der Waals surface area contributed by atoms with Crippen molar-refractivity contribution in [2.45, 2.75) is 12.8 Å². The monoisotopic (exact) mass is 322 g/mol. The van der Waals surface area contributed by atoms with Crippen LogP contribution in [-0.4, -0.2) is 16.5 Å². The summed E-state index contributed by atoms with van der Waals surface area (Å²) in [6.45, 7) is 0.811. The minimum atomic E-state index is -0.331. The summed E-state index contributed by atoms with van der Waals surface area (Å²) in [6.07, 6.45) is 3.67. The van der Waals surface area contributed by atoms with E-state index >= 15 is 0 Å². The fourth-order valence-electron chi connectivity index (χ4n) is 2.35. The van der Waals surface area contributed by atoms with Gasteiger partial charge in [0.1, 0.15) is 11.6 Å². The van der Waals surface area contributed by atoms with Gasteiger partial charge in [-0.2, -0.15) is 4.98 Å². The molecule has 0 fully saturated rings. The summed E-state index contributed by atoms with van der Waals surface area (Å²) in [5.74, 6) is 0.757. The molecule has 122 valence electrons. The molecule has 0 bridgehead atoms. The predicted octanol–water partition coefficient (Wildman–Crippen LogP) is 4.40. The van der Waals surface area contributed by atoms with Gasteiger partial charge < -0.3 is 10.6 Å². The lowest BCUT2D eigenvalue weighted by atomic mass is 10.1. The molecule has 1 heterocycles. The molecule has 0 saturated carbocycles. The number of anilines is 3. The molecule has 0 radical (unpaired) electrons. The Morgan fingerprint density at radius 3 is 2.54 bits per heavy atom. The lowest BCUT2D eigenvalue weighted by Gasteiger charge is -2.09. The van der Waals surface area contributed by atoms with Crippen LogP contribution >= 0.6 is 0 Å². The highest BCUT2D eigenvalue weighted by Crippen LogP contribution is 2.17. The lowest BCUT2D eigenvalue weighted by molar-refractivity contribution is 0.631. The van der Waals surface area contributed by atoms with Crippen molar-refractivity contribution in [1.82, 2.24) is 9.97 Å².